The molecule has 3 heterocycles. The minimum atomic E-state index is 0.0463. The molecule has 92 valence electrons. The van der Waals surface area contributed by atoms with Crippen LogP contribution in [0.3, 0.4) is 0 Å². The van der Waals surface area contributed by atoms with E-state index in [1.807, 2.05) is 6.07 Å². The number of anilines is 1. The molecule has 5 heteroatoms. The van der Waals surface area contributed by atoms with Crippen LogP contribution < -0.4 is 10.6 Å². The summed E-state index contributed by atoms with van der Waals surface area (Å²) in [4.78, 5) is 8.36. The molecular weight excluding hydrogens is 216 g/mol. The molecule has 2 saturated heterocycles. The van der Waals surface area contributed by atoms with Crippen molar-refractivity contribution in [3.05, 3.63) is 18.5 Å². The van der Waals surface area contributed by atoms with Crippen LogP contribution in [0, 0.1) is 0 Å². The Morgan fingerprint density at radius 3 is 3.06 bits per heavy atom. The molecule has 17 heavy (non-hydrogen) atoms. The van der Waals surface area contributed by atoms with Gasteiger partial charge < -0.3 is 15.4 Å². The van der Waals surface area contributed by atoms with E-state index < -0.39 is 0 Å². The zero-order valence-corrected chi connectivity index (χ0v) is 9.85. The summed E-state index contributed by atoms with van der Waals surface area (Å²) in [6.07, 6.45) is 6.91. The summed E-state index contributed by atoms with van der Waals surface area (Å²) in [5.74, 6) is 0.696. The molecule has 5 nitrogen and oxygen atoms in total. The molecule has 2 unspecified atom stereocenters. The van der Waals surface area contributed by atoms with Crippen LogP contribution in [0.4, 0.5) is 5.95 Å². The normalized spacial score (nSPS) is 32.8. The van der Waals surface area contributed by atoms with Gasteiger partial charge in [0, 0.05) is 25.4 Å². The fourth-order valence-electron chi connectivity index (χ4n) is 2.73. The Labute approximate surface area is 101 Å². The molecule has 2 fully saturated rings. The highest BCUT2D eigenvalue weighted by atomic mass is 16.5. The largest absolute Gasteiger partial charge is 0.371 e. The van der Waals surface area contributed by atoms with Gasteiger partial charge in [0.25, 0.3) is 0 Å². The van der Waals surface area contributed by atoms with Crippen LogP contribution >= 0.6 is 0 Å². The van der Waals surface area contributed by atoms with Gasteiger partial charge in [-0.15, -0.1) is 0 Å². The predicted octanol–water partition coefficient (Wildman–Crippen LogP) is 0.800. The van der Waals surface area contributed by atoms with Gasteiger partial charge >= 0.3 is 0 Å². The van der Waals surface area contributed by atoms with Gasteiger partial charge in [0.2, 0.25) is 5.95 Å². The minimum Gasteiger partial charge on any atom is -0.371 e. The lowest BCUT2D eigenvalue weighted by atomic mass is 9.90. The van der Waals surface area contributed by atoms with Gasteiger partial charge in [-0.3, -0.25) is 0 Å². The first-order chi connectivity index (χ1) is 8.36. The van der Waals surface area contributed by atoms with Crippen LogP contribution in [0.2, 0.25) is 0 Å². The van der Waals surface area contributed by atoms with Crippen LogP contribution in [0.1, 0.15) is 19.3 Å². The lowest BCUT2D eigenvalue weighted by Gasteiger charge is -2.32. The van der Waals surface area contributed by atoms with Crippen LogP contribution in [-0.4, -0.2) is 41.3 Å². The molecule has 1 aromatic rings. The lowest BCUT2D eigenvalue weighted by molar-refractivity contribution is -0.0138. The third kappa shape index (κ3) is 2.40. The van der Waals surface area contributed by atoms with Crippen molar-refractivity contribution in [3.8, 4) is 0 Å². The van der Waals surface area contributed by atoms with Gasteiger partial charge in [0.1, 0.15) is 0 Å². The average molecular weight is 234 g/mol. The second kappa shape index (κ2) is 4.58. The number of piperidine rings is 1. The van der Waals surface area contributed by atoms with Crippen molar-refractivity contribution >= 4 is 5.95 Å². The second-order valence-electron chi connectivity index (χ2n) is 4.89. The third-order valence-corrected chi connectivity index (χ3v) is 3.54. The highest BCUT2D eigenvalue weighted by molar-refractivity contribution is 5.25. The monoisotopic (exact) mass is 234 g/mol. The summed E-state index contributed by atoms with van der Waals surface area (Å²) in [6, 6.07) is 2.15. The zero-order chi connectivity index (χ0) is 11.6. The van der Waals surface area contributed by atoms with Crippen molar-refractivity contribution in [2.45, 2.75) is 30.9 Å². The Morgan fingerprint density at radius 1 is 1.41 bits per heavy atom. The molecule has 2 N–H and O–H groups in total. The van der Waals surface area contributed by atoms with Crippen molar-refractivity contribution in [2.24, 2.45) is 0 Å². The molecule has 0 saturated carbocycles. The number of hydrogen-bond acceptors (Lipinski definition) is 5. The Balaban J connectivity index is 1.60. The second-order valence-corrected chi connectivity index (χ2v) is 4.89. The van der Waals surface area contributed by atoms with E-state index in [-0.39, 0.29) is 5.60 Å². The predicted molar refractivity (Wildman–Crippen MR) is 64.8 cm³/mol. The van der Waals surface area contributed by atoms with Crippen molar-refractivity contribution in [3.63, 3.8) is 0 Å². The van der Waals surface area contributed by atoms with Gasteiger partial charge in [0.05, 0.1) is 18.2 Å². The summed E-state index contributed by atoms with van der Waals surface area (Å²) in [5.41, 5.74) is 0.0463. The maximum absolute atomic E-state index is 5.99. The quantitative estimate of drug-likeness (QED) is 0.792. The highest BCUT2D eigenvalue weighted by Crippen LogP contribution is 2.32. The van der Waals surface area contributed by atoms with Crippen LogP contribution in [0.15, 0.2) is 18.5 Å². The number of nitrogens with zero attached hydrogens (tertiary/aromatic N) is 2. The molecule has 1 spiro atoms. The number of ether oxygens (including phenoxy) is 1. The van der Waals surface area contributed by atoms with E-state index in [1.165, 1.54) is 6.42 Å². The number of aromatic nitrogens is 2. The lowest BCUT2D eigenvalue weighted by Crippen LogP contribution is -2.45. The molecule has 2 aliphatic heterocycles. The molecule has 3 rings (SSSR count). The SMILES string of the molecule is c1cnc(NC2COC3(CCCNC3)C2)nc1. The van der Waals surface area contributed by atoms with Crippen LogP contribution in [-0.2, 0) is 4.74 Å². The van der Waals surface area contributed by atoms with Crippen molar-refractivity contribution < 1.29 is 4.74 Å². The number of nitrogens with one attached hydrogen (secondary N) is 2. The Bertz CT molecular complexity index is 364. The van der Waals surface area contributed by atoms with Crippen LogP contribution in [0.25, 0.3) is 0 Å². The van der Waals surface area contributed by atoms with Gasteiger partial charge in [0.15, 0.2) is 0 Å². The van der Waals surface area contributed by atoms with Gasteiger partial charge in [-0.05, 0) is 25.5 Å². The number of rotatable bonds is 2. The van der Waals surface area contributed by atoms with E-state index in [9.17, 15) is 0 Å². The molecule has 0 aliphatic carbocycles. The Kier molecular flexibility index (Phi) is 2.94. The van der Waals surface area contributed by atoms with Crippen LogP contribution in [0.5, 0.6) is 0 Å². The molecule has 0 amide bonds. The third-order valence-electron chi connectivity index (χ3n) is 3.54. The summed E-state index contributed by atoms with van der Waals surface area (Å²) in [7, 11) is 0. The van der Waals surface area contributed by atoms with Gasteiger partial charge in [-0.2, -0.15) is 0 Å². The molecular formula is C12H18N4O. The fraction of sp³-hybridized carbons (Fsp3) is 0.667. The minimum absolute atomic E-state index is 0.0463. The maximum Gasteiger partial charge on any atom is 0.222 e. The standard InChI is InChI=1S/C12H18N4O/c1-3-12(9-13-4-1)7-10(8-17-12)16-11-14-5-2-6-15-11/h2,5-6,10,13H,1,3-4,7-9H2,(H,14,15,16). The molecule has 0 bridgehead atoms. The first-order valence-corrected chi connectivity index (χ1v) is 6.25. The van der Waals surface area contributed by atoms with E-state index in [0.717, 1.165) is 32.5 Å². The van der Waals surface area contributed by atoms with E-state index in [1.54, 1.807) is 12.4 Å². The molecule has 2 aliphatic rings. The van der Waals surface area contributed by atoms with Crippen molar-refractivity contribution in [2.75, 3.05) is 25.0 Å². The van der Waals surface area contributed by atoms with E-state index >= 15 is 0 Å². The maximum atomic E-state index is 5.99. The molecule has 0 aromatic carbocycles. The average Bonchev–Trinajstić information content (AvgIpc) is 2.74. The first-order valence-electron chi connectivity index (χ1n) is 6.25. The summed E-state index contributed by atoms with van der Waals surface area (Å²) in [5, 5.41) is 6.76. The Hall–Kier alpha value is -1.20. The van der Waals surface area contributed by atoms with Gasteiger partial charge in [-0.25, -0.2) is 9.97 Å². The summed E-state index contributed by atoms with van der Waals surface area (Å²) < 4.78 is 5.99. The molecule has 2 atom stereocenters. The topological polar surface area (TPSA) is 59.1 Å². The van der Waals surface area contributed by atoms with Gasteiger partial charge in [-0.1, -0.05) is 0 Å². The molecule has 1 aromatic heterocycles. The number of hydrogen-bond donors (Lipinski definition) is 2. The molecule has 0 radical (unpaired) electrons. The van der Waals surface area contributed by atoms with E-state index in [2.05, 4.69) is 20.6 Å². The van der Waals surface area contributed by atoms with Crippen molar-refractivity contribution in [1.29, 1.82) is 0 Å². The smallest absolute Gasteiger partial charge is 0.222 e. The Morgan fingerprint density at radius 2 is 2.29 bits per heavy atom. The first kappa shape index (κ1) is 10.9. The van der Waals surface area contributed by atoms with E-state index in [4.69, 9.17) is 4.74 Å². The summed E-state index contributed by atoms with van der Waals surface area (Å²) >= 11 is 0. The highest BCUT2D eigenvalue weighted by Gasteiger charge is 2.41. The fourth-order valence-corrected chi connectivity index (χ4v) is 2.73. The van der Waals surface area contributed by atoms with E-state index in [0.29, 0.717) is 12.0 Å². The zero-order valence-electron chi connectivity index (χ0n) is 9.85. The summed E-state index contributed by atoms with van der Waals surface area (Å²) in [6.45, 7) is 2.84. The van der Waals surface area contributed by atoms with Crippen molar-refractivity contribution in [1.82, 2.24) is 15.3 Å².